The van der Waals surface area contributed by atoms with Crippen molar-refractivity contribution in [1.82, 2.24) is 5.32 Å². The highest BCUT2D eigenvalue weighted by Gasteiger charge is 2.31. The van der Waals surface area contributed by atoms with Crippen LogP contribution in [0, 0.1) is 5.82 Å². The molecule has 0 unspecified atom stereocenters. The number of sulfonamides is 1. The van der Waals surface area contributed by atoms with E-state index in [0.717, 1.165) is 0 Å². The van der Waals surface area contributed by atoms with Crippen LogP contribution in [0.3, 0.4) is 0 Å². The number of nitrogens with two attached hydrogens (primary N) is 1. The second-order valence-corrected chi connectivity index (χ2v) is 6.43. The lowest BCUT2D eigenvalue weighted by atomic mass is 10.1. The van der Waals surface area contributed by atoms with Gasteiger partial charge in [-0.2, -0.15) is 0 Å². The van der Waals surface area contributed by atoms with Crippen molar-refractivity contribution in [2.24, 2.45) is 5.14 Å². The monoisotopic (exact) mass is 315 g/mol. The normalized spacial score (nSPS) is 17.2. The molecule has 0 saturated heterocycles. The highest BCUT2D eigenvalue weighted by Crippen LogP contribution is 2.31. The SMILES string of the molecule is NS(=O)(=O)CCCC(=O)N[C@@H]1C(=O)Nc2ccc(F)cc21. The number of carbonyl (C=O) groups excluding carboxylic acids is 2. The highest BCUT2D eigenvalue weighted by molar-refractivity contribution is 7.89. The van der Waals surface area contributed by atoms with Gasteiger partial charge in [-0.15, -0.1) is 0 Å². The molecule has 1 atom stereocenters. The standard InChI is InChI=1S/C12H14FN3O4S/c13-7-3-4-9-8(6-7)11(12(18)15-9)16-10(17)2-1-5-21(14,19)20/h3-4,6,11H,1-2,5H2,(H,15,18)(H,16,17)(H2,14,19,20)/t11-/m0/s1. The first-order valence-corrected chi connectivity index (χ1v) is 7.88. The molecule has 21 heavy (non-hydrogen) atoms. The Morgan fingerprint density at radius 2 is 2.14 bits per heavy atom. The number of carbonyl (C=O) groups is 2. The molecule has 0 fully saturated rings. The van der Waals surface area contributed by atoms with E-state index >= 15 is 0 Å². The zero-order valence-electron chi connectivity index (χ0n) is 10.9. The van der Waals surface area contributed by atoms with Gasteiger partial charge in [0.2, 0.25) is 15.9 Å². The maximum atomic E-state index is 13.2. The first kappa shape index (κ1) is 15.4. The molecule has 0 bridgehead atoms. The first-order valence-electron chi connectivity index (χ1n) is 6.16. The van der Waals surface area contributed by atoms with Crippen molar-refractivity contribution in [3.8, 4) is 0 Å². The lowest BCUT2D eigenvalue weighted by molar-refractivity contribution is -0.126. The summed E-state index contributed by atoms with van der Waals surface area (Å²) in [6, 6.07) is 2.81. The maximum absolute atomic E-state index is 13.2. The van der Waals surface area contributed by atoms with E-state index in [-0.39, 0.29) is 18.6 Å². The molecule has 0 spiro atoms. The average molecular weight is 315 g/mol. The van der Waals surface area contributed by atoms with Crippen molar-refractivity contribution in [3.63, 3.8) is 0 Å². The molecule has 4 N–H and O–H groups in total. The predicted molar refractivity (Wildman–Crippen MR) is 73.1 cm³/mol. The van der Waals surface area contributed by atoms with Crippen molar-refractivity contribution >= 4 is 27.5 Å². The van der Waals surface area contributed by atoms with Gasteiger partial charge in [0, 0.05) is 17.7 Å². The molecule has 0 aromatic heterocycles. The minimum atomic E-state index is -3.62. The van der Waals surface area contributed by atoms with Crippen molar-refractivity contribution in [2.45, 2.75) is 18.9 Å². The van der Waals surface area contributed by atoms with Crippen molar-refractivity contribution in [3.05, 3.63) is 29.6 Å². The van der Waals surface area contributed by atoms with Gasteiger partial charge >= 0.3 is 0 Å². The first-order chi connectivity index (χ1) is 9.76. The molecule has 2 amide bonds. The fourth-order valence-corrected chi connectivity index (χ4v) is 2.59. The molecule has 0 radical (unpaired) electrons. The van der Waals surface area contributed by atoms with Crippen LogP contribution in [0.5, 0.6) is 0 Å². The van der Waals surface area contributed by atoms with Crippen molar-refractivity contribution < 1.29 is 22.4 Å². The third kappa shape index (κ3) is 3.99. The Balaban J connectivity index is 1.99. The summed E-state index contributed by atoms with van der Waals surface area (Å²) >= 11 is 0. The van der Waals surface area contributed by atoms with Gasteiger partial charge in [-0.3, -0.25) is 9.59 Å². The van der Waals surface area contributed by atoms with E-state index in [0.29, 0.717) is 11.3 Å². The van der Waals surface area contributed by atoms with Gasteiger partial charge in [-0.05, 0) is 24.6 Å². The Morgan fingerprint density at radius 1 is 1.43 bits per heavy atom. The Hall–Kier alpha value is -2.00. The zero-order chi connectivity index (χ0) is 15.6. The summed E-state index contributed by atoms with van der Waals surface area (Å²) in [6.45, 7) is 0. The number of nitrogens with one attached hydrogen (secondary N) is 2. The lowest BCUT2D eigenvalue weighted by Crippen LogP contribution is -2.33. The molecule has 7 nitrogen and oxygen atoms in total. The van der Waals surface area contributed by atoms with E-state index in [4.69, 9.17) is 5.14 Å². The van der Waals surface area contributed by atoms with Crippen molar-refractivity contribution in [1.29, 1.82) is 0 Å². The summed E-state index contributed by atoms with van der Waals surface area (Å²) in [5.41, 5.74) is 0.788. The fraction of sp³-hybridized carbons (Fsp3) is 0.333. The maximum Gasteiger partial charge on any atom is 0.251 e. The Kier molecular flexibility index (Phi) is 4.24. The van der Waals surface area contributed by atoms with Crippen LogP contribution in [0.1, 0.15) is 24.4 Å². The van der Waals surface area contributed by atoms with Crippen LogP contribution in [0.25, 0.3) is 0 Å². The topological polar surface area (TPSA) is 118 Å². The summed E-state index contributed by atoms with van der Waals surface area (Å²) in [7, 11) is -3.62. The molecule has 1 aromatic carbocycles. The number of fused-ring (bicyclic) bond motifs is 1. The number of primary sulfonamides is 1. The number of hydrogen-bond donors (Lipinski definition) is 3. The van der Waals surface area contributed by atoms with E-state index in [1.165, 1.54) is 18.2 Å². The summed E-state index contributed by atoms with van der Waals surface area (Å²) in [5, 5.41) is 9.79. The van der Waals surface area contributed by atoms with E-state index in [2.05, 4.69) is 10.6 Å². The third-order valence-corrected chi connectivity index (χ3v) is 3.84. The molecular formula is C12H14FN3O4S. The van der Waals surface area contributed by atoms with E-state index in [9.17, 15) is 22.4 Å². The molecule has 2 rings (SSSR count). The van der Waals surface area contributed by atoms with Crippen LogP contribution >= 0.6 is 0 Å². The predicted octanol–water partition coefficient (Wildman–Crippen LogP) is 0.00380. The van der Waals surface area contributed by atoms with Gasteiger partial charge in [0.15, 0.2) is 0 Å². The Labute approximate surface area is 120 Å². The zero-order valence-corrected chi connectivity index (χ0v) is 11.7. The van der Waals surface area contributed by atoms with Gasteiger partial charge in [0.1, 0.15) is 11.9 Å². The molecular weight excluding hydrogens is 301 g/mol. The van der Waals surface area contributed by atoms with Gasteiger partial charge in [-0.25, -0.2) is 17.9 Å². The fourth-order valence-electron chi connectivity index (χ4n) is 2.04. The van der Waals surface area contributed by atoms with Gasteiger partial charge in [0.05, 0.1) is 5.75 Å². The minimum absolute atomic E-state index is 0.0506. The largest absolute Gasteiger partial charge is 0.340 e. The summed E-state index contributed by atoms with van der Waals surface area (Å²) < 4.78 is 34.7. The molecule has 1 aliphatic heterocycles. The van der Waals surface area contributed by atoms with E-state index < -0.39 is 33.7 Å². The summed E-state index contributed by atoms with van der Waals surface area (Å²) in [5.74, 6) is -1.80. The average Bonchev–Trinajstić information content (AvgIpc) is 2.64. The second-order valence-electron chi connectivity index (χ2n) is 4.69. The Bertz CT molecular complexity index is 690. The number of halogens is 1. The number of anilines is 1. The molecule has 114 valence electrons. The molecule has 0 saturated carbocycles. The molecule has 1 aliphatic rings. The van der Waals surface area contributed by atoms with E-state index in [1.54, 1.807) is 0 Å². The molecule has 1 aromatic rings. The van der Waals surface area contributed by atoms with Gasteiger partial charge < -0.3 is 10.6 Å². The number of amides is 2. The van der Waals surface area contributed by atoms with Crippen LogP contribution in [0.2, 0.25) is 0 Å². The highest BCUT2D eigenvalue weighted by atomic mass is 32.2. The van der Waals surface area contributed by atoms with Crippen LogP contribution in [0.15, 0.2) is 18.2 Å². The van der Waals surface area contributed by atoms with Crippen LogP contribution in [0.4, 0.5) is 10.1 Å². The van der Waals surface area contributed by atoms with Gasteiger partial charge in [0.25, 0.3) is 5.91 Å². The van der Waals surface area contributed by atoms with Gasteiger partial charge in [-0.1, -0.05) is 0 Å². The van der Waals surface area contributed by atoms with Crippen molar-refractivity contribution in [2.75, 3.05) is 11.1 Å². The summed E-state index contributed by atoms with van der Waals surface area (Å²) in [4.78, 5) is 23.5. The Morgan fingerprint density at radius 3 is 2.81 bits per heavy atom. The molecule has 9 heteroatoms. The molecule has 0 aliphatic carbocycles. The second kappa shape index (κ2) is 5.78. The number of hydrogen-bond acceptors (Lipinski definition) is 4. The lowest BCUT2D eigenvalue weighted by Gasteiger charge is -2.11. The number of rotatable bonds is 5. The van der Waals surface area contributed by atoms with E-state index in [1.807, 2.05) is 0 Å². The minimum Gasteiger partial charge on any atom is -0.340 e. The van der Waals surface area contributed by atoms with Crippen LogP contribution in [-0.4, -0.2) is 26.0 Å². The number of benzene rings is 1. The quantitative estimate of drug-likeness (QED) is 0.709. The smallest absolute Gasteiger partial charge is 0.251 e. The summed E-state index contributed by atoms with van der Waals surface area (Å²) in [6.07, 6.45) is -0.0418. The third-order valence-electron chi connectivity index (χ3n) is 2.98. The molecule has 1 heterocycles. The van der Waals surface area contributed by atoms with Crippen LogP contribution in [-0.2, 0) is 19.6 Å². The van der Waals surface area contributed by atoms with Crippen LogP contribution < -0.4 is 15.8 Å².